The van der Waals surface area contributed by atoms with Crippen molar-refractivity contribution in [2.75, 3.05) is 29.0 Å². The molecule has 4 rings (SSSR count). The Balaban J connectivity index is 1.76. The zero-order chi connectivity index (χ0) is 25.7. The van der Waals surface area contributed by atoms with Crippen molar-refractivity contribution in [1.82, 2.24) is 14.5 Å². The molecular weight excluding hydrogens is 471 g/mol. The van der Waals surface area contributed by atoms with E-state index in [0.29, 0.717) is 17.0 Å². The van der Waals surface area contributed by atoms with Crippen molar-refractivity contribution in [3.63, 3.8) is 0 Å². The minimum atomic E-state index is -4.56. The Labute approximate surface area is 197 Å². The van der Waals surface area contributed by atoms with Gasteiger partial charge in [-0.05, 0) is 43.7 Å². The molecule has 7 nitrogen and oxygen atoms in total. The number of aryl methyl sites for hydroxylation is 1. The number of nitrogen functional groups attached to an aromatic ring is 1. The average Bonchev–Trinajstić information content (AvgIpc) is 2.76. The summed E-state index contributed by atoms with van der Waals surface area (Å²) in [6.45, 7) is 3.38. The summed E-state index contributed by atoms with van der Waals surface area (Å²) in [6, 6.07) is 4.29. The molecule has 0 amide bonds. The van der Waals surface area contributed by atoms with Crippen molar-refractivity contribution < 1.29 is 22.0 Å². The highest BCUT2D eigenvalue weighted by Gasteiger charge is 2.35. The van der Waals surface area contributed by atoms with Crippen LogP contribution in [-0.4, -0.2) is 33.5 Å². The minimum absolute atomic E-state index is 0.0368. The standard InChI is InChI=1S/C23H25F5N6O/c1-12(14-8-15(23(26,27)28)10-16(29)9-14)30-20-17-11-18(34-6-4-22(24,25)5-7-34)33(3)21(35)19(17)31-13(2)32-20/h8-12H,4-7,29H2,1-3H3,(H,30,31,32)/t12-/m1/s1. The monoisotopic (exact) mass is 496 g/mol. The molecule has 0 saturated carbocycles. The van der Waals surface area contributed by atoms with E-state index < -0.39 is 29.3 Å². The van der Waals surface area contributed by atoms with E-state index in [4.69, 9.17) is 5.73 Å². The van der Waals surface area contributed by atoms with Gasteiger partial charge in [0.15, 0.2) is 0 Å². The fourth-order valence-electron chi connectivity index (χ4n) is 4.22. The van der Waals surface area contributed by atoms with Crippen LogP contribution in [0.4, 0.5) is 39.3 Å². The molecule has 0 unspecified atom stereocenters. The van der Waals surface area contributed by atoms with E-state index in [-0.39, 0.29) is 48.5 Å². The third kappa shape index (κ3) is 5.01. The zero-order valence-electron chi connectivity index (χ0n) is 19.4. The summed E-state index contributed by atoms with van der Waals surface area (Å²) in [6.07, 6.45) is -5.22. The molecule has 1 atom stereocenters. The summed E-state index contributed by atoms with van der Waals surface area (Å²) in [7, 11) is 1.54. The second-order valence-corrected chi connectivity index (χ2v) is 8.84. The Morgan fingerprint density at radius 2 is 1.77 bits per heavy atom. The molecule has 1 aromatic carbocycles. The molecule has 0 aliphatic carbocycles. The van der Waals surface area contributed by atoms with Gasteiger partial charge in [0, 0.05) is 38.7 Å². The van der Waals surface area contributed by atoms with Gasteiger partial charge in [0.2, 0.25) is 0 Å². The highest BCUT2D eigenvalue weighted by Crippen LogP contribution is 2.35. The summed E-state index contributed by atoms with van der Waals surface area (Å²) in [4.78, 5) is 23.4. The molecule has 12 heteroatoms. The second kappa shape index (κ2) is 8.65. The Bertz CT molecular complexity index is 1330. The van der Waals surface area contributed by atoms with Crippen molar-refractivity contribution in [1.29, 1.82) is 0 Å². The number of fused-ring (bicyclic) bond motifs is 1. The molecule has 1 fully saturated rings. The molecule has 3 aromatic rings. The number of nitrogens with one attached hydrogen (secondary N) is 1. The molecule has 35 heavy (non-hydrogen) atoms. The summed E-state index contributed by atoms with van der Waals surface area (Å²) < 4.78 is 68.5. The molecule has 188 valence electrons. The van der Waals surface area contributed by atoms with Gasteiger partial charge in [-0.25, -0.2) is 18.7 Å². The molecule has 0 bridgehead atoms. The molecular formula is C23H25F5N6O. The molecule has 1 aliphatic rings. The van der Waals surface area contributed by atoms with Gasteiger partial charge in [0.05, 0.1) is 17.0 Å². The number of pyridine rings is 1. The predicted molar refractivity (Wildman–Crippen MR) is 124 cm³/mol. The van der Waals surface area contributed by atoms with E-state index in [9.17, 15) is 26.7 Å². The van der Waals surface area contributed by atoms with Crippen LogP contribution in [-0.2, 0) is 13.2 Å². The van der Waals surface area contributed by atoms with E-state index >= 15 is 0 Å². The lowest BCUT2D eigenvalue weighted by Crippen LogP contribution is -2.41. The van der Waals surface area contributed by atoms with Crippen LogP contribution < -0.4 is 21.5 Å². The Morgan fingerprint density at radius 3 is 2.40 bits per heavy atom. The first kappa shape index (κ1) is 24.7. The van der Waals surface area contributed by atoms with Crippen LogP contribution in [0.25, 0.3) is 10.9 Å². The lowest BCUT2D eigenvalue weighted by Gasteiger charge is -2.34. The van der Waals surface area contributed by atoms with E-state index in [1.54, 1.807) is 31.9 Å². The first-order valence-electron chi connectivity index (χ1n) is 11.0. The second-order valence-electron chi connectivity index (χ2n) is 8.84. The van der Waals surface area contributed by atoms with E-state index in [1.165, 1.54) is 10.6 Å². The SMILES string of the molecule is Cc1nc(N[C@H](C)c2cc(N)cc(C(F)(F)F)c2)c2cc(N3CCC(F)(F)CC3)n(C)c(=O)c2n1. The number of aromatic nitrogens is 3. The maximum Gasteiger partial charge on any atom is 0.416 e. The van der Waals surface area contributed by atoms with Gasteiger partial charge in [-0.2, -0.15) is 13.2 Å². The van der Waals surface area contributed by atoms with Gasteiger partial charge in [0.25, 0.3) is 11.5 Å². The van der Waals surface area contributed by atoms with Crippen LogP contribution in [0.5, 0.6) is 0 Å². The molecule has 2 aromatic heterocycles. The minimum Gasteiger partial charge on any atom is -0.399 e. The normalized spacial score (nSPS) is 17.0. The average molecular weight is 496 g/mol. The van der Waals surface area contributed by atoms with E-state index in [1.807, 2.05) is 0 Å². The fourth-order valence-corrected chi connectivity index (χ4v) is 4.22. The van der Waals surface area contributed by atoms with Gasteiger partial charge in [-0.15, -0.1) is 0 Å². The van der Waals surface area contributed by atoms with Crippen LogP contribution in [0.3, 0.4) is 0 Å². The number of piperidine rings is 1. The molecule has 0 spiro atoms. The smallest absolute Gasteiger partial charge is 0.399 e. The predicted octanol–water partition coefficient (Wildman–Crippen LogP) is 4.65. The van der Waals surface area contributed by atoms with Crippen LogP contribution >= 0.6 is 0 Å². The highest BCUT2D eigenvalue weighted by atomic mass is 19.4. The lowest BCUT2D eigenvalue weighted by atomic mass is 10.0. The maximum absolute atomic E-state index is 13.7. The zero-order valence-corrected chi connectivity index (χ0v) is 19.4. The Morgan fingerprint density at radius 1 is 1.11 bits per heavy atom. The van der Waals surface area contributed by atoms with Gasteiger partial charge < -0.3 is 16.0 Å². The van der Waals surface area contributed by atoms with Crippen LogP contribution in [0.2, 0.25) is 0 Å². The molecule has 3 N–H and O–H groups in total. The number of halogens is 5. The number of rotatable bonds is 4. The summed E-state index contributed by atoms with van der Waals surface area (Å²) >= 11 is 0. The molecule has 3 heterocycles. The topological polar surface area (TPSA) is 89.1 Å². The number of benzene rings is 1. The Kier molecular flexibility index (Phi) is 6.10. The Hall–Kier alpha value is -3.44. The fraction of sp³-hybridized carbons (Fsp3) is 0.435. The molecule has 1 saturated heterocycles. The van der Waals surface area contributed by atoms with Crippen LogP contribution in [0.15, 0.2) is 29.1 Å². The number of nitrogens with zero attached hydrogens (tertiary/aromatic N) is 4. The number of alkyl halides is 5. The van der Waals surface area contributed by atoms with Gasteiger partial charge >= 0.3 is 6.18 Å². The number of nitrogens with two attached hydrogens (primary N) is 1. The lowest BCUT2D eigenvalue weighted by molar-refractivity contribution is -0.137. The number of anilines is 3. The first-order chi connectivity index (χ1) is 16.2. The highest BCUT2D eigenvalue weighted by molar-refractivity contribution is 5.90. The molecule has 0 radical (unpaired) electrons. The number of hydrogen-bond donors (Lipinski definition) is 2. The summed E-state index contributed by atoms with van der Waals surface area (Å²) in [5.41, 5.74) is 4.76. The van der Waals surface area contributed by atoms with E-state index in [0.717, 1.165) is 12.1 Å². The quantitative estimate of drug-likeness (QED) is 0.404. The third-order valence-corrected chi connectivity index (χ3v) is 6.16. The van der Waals surface area contributed by atoms with Crippen molar-refractivity contribution in [2.24, 2.45) is 7.05 Å². The van der Waals surface area contributed by atoms with E-state index in [2.05, 4.69) is 15.3 Å². The van der Waals surface area contributed by atoms with Gasteiger partial charge in [-0.3, -0.25) is 9.36 Å². The van der Waals surface area contributed by atoms with Gasteiger partial charge in [0.1, 0.15) is 23.0 Å². The van der Waals surface area contributed by atoms with Crippen molar-refractivity contribution >= 4 is 28.2 Å². The first-order valence-corrected chi connectivity index (χ1v) is 11.0. The van der Waals surface area contributed by atoms with Crippen molar-refractivity contribution in [2.45, 2.75) is 44.8 Å². The van der Waals surface area contributed by atoms with Crippen LogP contribution in [0.1, 0.15) is 42.8 Å². The van der Waals surface area contributed by atoms with Crippen molar-refractivity contribution in [3.05, 3.63) is 51.6 Å². The van der Waals surface area contributed by atoms with Gasteiger partial charge in [-0.1, -0.05) is 0 Å². The summed E-state index contributed by atoms with van der Waals surface area (Å²) in [5.74, 6) is -1.78. The van der Waals surface area contributed by atoms with Crippen LogP contribution in [0, 0.1) is 6.92 Å². The number of hydrogen-bond acceptors (Lipinski definition) is 6. The summed E-state index contributed by atoms with van der Waals surface area (Å²) in [5, 5.41) is 3.42. The third-order valence-electron chi connectivity index (χ3n) is 6.16. The maximum atomic E-state index is 13.7. The largest absolute Gasteiger partial charge is 0.416 e. The van der Waals surface area contributed by atoms with Crippen molar-refractivity contribution in [3.8, 4) is 0 Å². The molecule has 1 aliphatic heterocycles.